The van der Waals surface area contributed by atoms with Crippen molar-refractivity contribution >= 4 is 17.9 Å². The molecule has 0 heterocycles. The number of esters is 3. The third kappa shape index (κ3) is 64.4. The summed E-state index contributed by atoms with van der Waals surface area (Å²) in [5.74, 6) is -0.958. The van der Waals surface area contributed by atoms with Crippen molar-refractivity contribution in [1.29, 1.82) is 0 Å². The first-order chi connectivity index (χ1) is 39.5. The van der Waals surface area contributed by atoms with Crippen LogP contribution in [0.5, 0.6) is 0 Å². The summed E-state index contributed by atoms with van der Waals surface area (Å²) < 4.78 is 16.9. The number of ether oxygens (including phenoxy) is 3. The number of carbonyl (C=O) groups excluding carboxylic acids is 3. The first-order valence-electron chi connectivity index (χ1n) is 33.2. The van der Waals surface area contributed by atoms with Crippen LogP contribution >= 0.6 is 0 Å². The minimum absolute atomic E-state index is 0.0987. The highest BCUT2D eigenvalue weighted by atomic mass is 16.6. The number of hydrogen-bond acceptors (Lipinski definition) is 6. The van der Waals surface area contributed by atoms with E-state index < -0.39 is 6.10 Å². The fourth-order valence-electron chi connectivity index (χ4n) is 9.01. The maximum Gasteiger partial charge on any atom is 0.306 e. The van der Waals surface area contributed by atoms with Crippen molar-refractivity contribution in [1.82, 2.24) is 0 Å². The zero-order valence-corrected chi connectivity index (χ0v) is 52.0. The van der Waals surface area contributed by atoms with Crippen molar-refractivity contribution in [3.8, 4) is 0 Å². The third-order valence-electron chi connectivity index (χ3n) is 13.9. The van der Waals surface area contributed by atoms with Crippen LogP contribution in [0.25, 0.3) is 0 Å². The van der Waals surface area contributed by atoms with Gasteiger partial charge < -0.3 is 14.2 Å². The summed E-state index contributed by atoms with van der Waals surface area (Å²) in [7, 11) is 0. The van der Waals surface area contributed by atoms with Gasteiger partial charge in [-0.3, -0.25) is 14.4 Å². The molecule has 0 N–H and O–H groups in total. The van der Waals surface area contributed by atoms with Crippen LogP contribution in [0.4, 0.5) is 0 Å². The third-order valence-corrected chi connectivity index (χ3v) is 13.9. The van der Waals surface area contributed by atoms with Crippen molar-refractivity contribution in [2.75, 3.05) is 13.2 Å². The van der Waals surface area contributed by atoms with Crippen LogP contribution in [0.15, 0.2) is 134 Å². The van der Waals surface area contributed by atoms with E-state index in [-0.39, 0.29) is 37.5 Å². The lowest BCUT2D eigenvalue weighted by Crippen LogP contribution is -2.30. The van der Waals surface area contributed by atoms with Gasteiger partial charge in [-0.05, 0) is 109 Å². The lowest BCUT2D eigenvalue weighted by molar-refractivity contribution is -0.167. The second kappa shape index (κ2) is 67.1. The summed E-state index contributed by atoms with van der Waals surface area (Å²) in [4.78, 5) is 38.4. The van der Waals surface area contributed by atoms with E-state index in [1.165, 1.54) is 135 Å². The summed E-state index contributed by atoms with van der Waals surface area (Å²) in [6, 6.07) is 0. The molecule has 0 aliphatic carbocycles. The molecule has 0 fully saturated rings. The second-order valence-corrected chi connectivity index (χ2v) is 21.6. The maximum atomic E-state index is 12.9. The molecule has 0 spiro atoms. The molecule has 0 saturated carbocycles. The number of unbranched alkanes of at least 4 members (excludes halogenated alkanes) is 26. The maximum absolute atomic E-state index is 12.9. The molecule has 0 rings (SSSR count). The van der Waals surface area contributed by atoms with Crippen molar-refractivity contribution < 1.29 is 28.6 Å². The number of allylic oxidation sites excluding steroid dienone is 22. The van der Waals surface area contributed by atoms with Gasteiger partial charge in [0.2, 0.25) is 0 Å². The van der Waals surface area contributed by atoms with Crippen LogP contribution < -0.4 is 0 Å². The van der Waals surface area contributed by atoms with Gasteiger partial charge >= 0.3 is 17.9 Å². The minimum atomic E-state index is -0.809. The Bertz CT molecular complexity index is 1700. The van der Waals surface area contributed by atoms with E-state index in [1.807, 2.05) is 0 Å². The topological polar surface area (TPSA) is 78.9 Å². The highest BCUT2D eigenvalue weighted by Crippen LogP contribution is 2.16. The van der Waals surface area contributed by atoms with Crippen molar-refractivity contribution in [3.05, 3.63) is 134 Å². The van der Waals surface area contributed by atoms with Crippen LogP contribution in [0, 0.1) is 0 Å². The molecule has 0 aliphatic heterocycles. The van der Waals surface area contributed by atoms with E-state index in [0.29, 0.717) is 19.3 Å². The normalized spacial score (nSPS) is 13.0. The van der Waals surface area contributed by atoms with Crippen LogP contribution in [-0.4, -0.2) is 37.2 Å². The van der Waals surface area contributed by atoms with Gasteiger partial charge in [-0.1, -0.05) is 302 Å². The largest absolute Gasteiger partial charge is 0.462 e. The van der Waals surface area contributed by atoms with Crippen molar-refractivity contribution in [3.63, 3.8) is 0 Å². The van der Waals surface area contributed by atoms with Gasteiger partial charge in [-0.2, -0.15) is 0 Å². The van der Waals surface area contributed by atoms with E-state index in [9.17, 15) is 14.4 Å². The monoisotopic (exact) mass is 1110 g/mol. The van der Waals surface area contributed by atoms with Gasteiger partial charge in [0.25, 0.3) is 0 Å². The Kier molecular flexibility index (Phi) is 63.3. The molecule has 1 atom stereocenters. The Labute approximate surface area is 494 Å². The van der Waals surface area contributed by atoms with Crippen molar-refractivity contribution in [2.45, 2.75) is 303 Å². The summed E-state index contributed by atoms with van der Waals surface area (Å²) in [5.41, 5.74) is 0. The van der Waals surface area contributed by atoms with Gasteiger partial charge in [0.05, 0.1) is 0 Å². The Morgan fingerprint density at radius 2 is 0.500 bits per heavy atom. The fourth-order valence-corrected chi connectivity index (χ4v) is 9.01. The molecule has 6 nitrogen and oxygen atoms in total. The predicted molar refractivity (Wildman–Crippen MR) is 348 cm³/mol. The van der Waals surface area contributed by atoms with E-state index in [4.69, 9.17) is 14.2 Å². The molecule has 0 aromatic carbocycles. The summed E-state index contributed by atoms with van der Waals surface area (Å²) in [5, 5.41) is 0. The van der Waals surface area contributed by atoms with Gasteiger partial charge in [-0.25, -0.2) is 0 Å². The van der Waals surface area contributed by atoms with E-state index in [1.54, 1.807) is 0 Å². The molecule has 80 heavy (non-hydrogen) atoms. The molecule has 0 aromatic heterocycles. The quantitative estimate of drug-likeness (QED) is 0.0261. The Morgan fingerprint density at radius 1 is 0.263 bits per heavy atom. The molecule has 0 bridgehead atoms. The summed E-state index contributed by atoms with van der Waals surface area (Å²) in [6.45, 7) is 6.39. The summed E-state index contributed by atoms with van der Waals surface area (Å²) >= 11 is 0. The molecule has 1 unspecified atom stereocenters. The van der Waals surface area contributed by atoms with Crippen LogP contribution in [0.3, 0.4) is 0 Å². The zero-order chi connectivity index (χ0) is 57.8. The van der Waals surface area contributed by atoms with Crippen LogP contribution in [-0.2, 0) is 28.6 Å². The SMILES string of the molecule is CC/C=C\C/C=C\C/C=C\C/C=C\C/C=C\C/C=C\C/C=C\CCCC(=O)OCC(COC(=O)CCCCCCCCCCCCCCCCCC)OC(=O)CCCCCCCCCCCC/C=C\C/C=C\C/C=C\C/C=C\CC. The highest BCUT2D eigenvalue weighted by molar-refractivity contribution is 5.71. The molecule has 0 amide bonds. The van der Waals surface area contributed by atoms with E-state index in [0.717, 1.165) is 116 Å². The number of hydrogen-bond donors (Lipinski definition) is 0. The molecule has 0 radical (unpaired) electrons. The lowest BCUT2D eigenvalue weighted by Gasteiger charge is -2.18. The average molecular weight is 1110 g/mol. The molecule has 0 aliphatic rings. The van der Waals surface area contributed by atoms with Crippen LogP contribution in [0.1, 0.15) is 297 Å². The van der Waals surface area contributed by atoms with Gasteiger partial charge in [-0.15, -0.1) is 0 Å². The van der Waals surface area contributed by atoms with Crippen molar-refractivity contribution in [2.24, 2.45) is 0 Å². The smallest absolute Gasteiger partial charge is 0.306 e. The van der Waals surface area contributed by atoms with E-state index >= 15 is 0 Å². The predicted octanol–water partition coefficient (Wildman–Crippen LogP) is 22.9. The first-order valence-corrected chi connectivity index (χ1v) is 33.2. The first kappa shape index (κ1) is 75.5. The molecule has 454 valence electrons. The Morgan fingerprint density at radius 3 is 0.812 bits per heavy atom. The highest BCUT2D eigenvalue weighted by Gasteiger charge is 2.19. The van der Waals surface area contributed by atoms with Gasteiger partial charge in [0, 0.05) is 19.3 Å². The molecular formula is C74H122O6. The molecule has 6 heteroatoms. The number of carbonyl (C=O) groups is 3. The second-order valence-electron chi connectivity index (χ2n) is 21.6. The van der Waals surface area contributed by atoms with E-state index in [2.05, 4.69) is 154 Å². The fraction of sp³-hybridized carbons (Fsp3) is 0.662. The molecule has 0 aromatic rings. The lowest BCUT2D eigenvalue weighted by atomic mass is 10.0. The minimum Gasteiger partial charge on any atom is -0.462 e. The molecular weight excluding hydrogens is 985 g/mol. The molecule has 0 saturated heterocycles. The standard InChI is InChI=1S/C74H122O6/c1-4-7-10-13-16-19-22-25-28-31-33-35-37-39-41-43-46-49-52-55-58-61-64-67-73(76)79-70-71(69-78-72(75)66-63-60-57-54-51-48-45-30-27-24-21-18-15-12-9-6-3)80-74(77)68-65-62-59-56-53-50-47-44-42-40-38-36-34-32-29-26-23-20-17-14-11-8-5-2/h7-8,10-11,16-17,19-20,25-26,28-29,33-36,39,41,46,49,55,58,71H,4-6,9,12-15,18,21-24,27,30-32,37-38,40,42-45,47-48,50-54,56-57,59-70H2,1-3H3/b10-7-,11-8-,19-16-,20-17-,28-25-,29-26-,35-33-,36-34-,41-39-,49-46-,58-55-. The van der Waals surface area contributed by atoms with Gasteiger partial charge in [0.1, 0.15) is 13.2 Å². The number of rotatable bonds is 59. The van der Waals surface area contributed by atoms with Crippen LogP contribution in [0.2, 0.25) is 0 Å². The Balaban J connectivity index is 4.48. The zero-order valence-electron chi connectivity index (χ0n) is 52.0. The van der Waals surface area contributed by atoms with Gasteiger partial charge in [0.15, 0.2) is 6.10 Å². The summed E-state index contributed by atoms with van der Waals surface area (Å²) in [6.07, 6.45) is 94.6. The Hall–Kier alpha value is -4.45. The average Bonchev–Trinajstić information content (AvgIpc) is 3.46.